The standard InChI is InChI=1S/C17H20N4O2/c22-16(19-10-7-13-5-8-18-9-6-13)12-21-17(23)11-14-3-1-2-4-15(14)20-21/h5-6,8-9,11H,1-4,7,10,12H2,(H,19,22). The van der Waals surface area contributed by atoms with Gasteiger partial charge >= 0.3 is 0 Å². The Balaban J connectivity index is 1.56. The number of nitrogens with zero attached hydrogens (tertiary/aromatic N) is 3. The maximum absolute atomic E-state index is 12.0. The molecule has 6 heteroatoms. The molecule has 23 heavy (non-hydrogen) atoms. The van der Waals surface area contributed by atoms with Gasteiger partial charge in [0.1, 0.15) is 6.54 Å². The number of amides is 1. The fourth-order valence-electron chi connectivity index (χ4n) is 2.80. The third-order valence-electron chi connectivity index (χ3n) is 4.05. The Morgan fingerprint density at radius 1 is 1.22 bits per heavy atom. The van der Waals surface area contributed by atoms with Gasteiger partial charge in [-0.25, -0.2) is 4.68 Å². The highest BCUT2D eigenvalue weighted by Gasteiger charge is 2.14. The zero-order chi connectivity index (χ0) is 16.1. The van der Waals surface area contributed by atoms with Gasteiger partial charge in [0.15, 0.2) is 0 Å². The van der Waals surface area contributed by atoms with E-state index in [-0.39, 0.29) is 18.0 Å². The summed E-state index contributed by atoms with van der Waals surface area (Å²) in [5, 5.41) is 7.18. The number of pyridine rings is 1. The summed E-state index contributed by atoms with van der Waals surface area (Å²) in [6.45, 7) is 0.505. The Morgan fingerprint density at radius 3 is 2.83 bits per heavy atom. The van der Waals surface area contributed by atoms with Crippen LogP contribution >= 0.6 is 0 Å². The molecule has 0 spiro atoms. The lowest BCUT2D eigenvalue weighted by atomic mass is 9.97. The van der Waals surface area contributed by atoms with Gasteiger partial charge in [-0.2, -0.15) is 5.10 Å². The molecule has 2 aromatic rings. The minimum Gasteiger partial charge on any atom is -0.354 e. The fraction of sp³-hybridized carbons (Fsp3) is 0.412. The van der Waals surface area contributed by atoms with Crippen LogP contribution in [-0.4, -0.2) is 27.2 Å². The van der Waals surface area contributed by atoms with Gasteiger partial charge in [-0.05, 0) is 55.4 Å². The van der Waals surface area contributed by atoms with Crippen LogP contribution in [0.25, 0.3) is 0 Å². The monoisotopic (exact) mass is 312 g/mol. The van der Waals surface area contributed by atoms with Crippen LogP contribution in [-0.2, 0) is 30.6 Å². The van der Waals surface area contributed by atoms with E-state index in [1.165, 1.54) is 4.68 Å². The summed E-state index contributed by atoms with van der Waals surface area (Å²) < 4.78 is 1.27. The maximum Gasteiger partial charge on any atom is 0.267 e. The molecule has 0 saturated carbocycles. The zero-order valence-corrected chi connectivity index (χ0v) is 13.0. The predicted molar refractivity (Wildman–Crippen MR) is 86.1 cm³/mol. The molecule has 0 aliphatic heterocycles. The number of carbonyl (C=O) groups excluding carboxylic acids is 1. The van der Waals surface area contributed by atoms with Gasteiger partial charge in [-0.1, -0.05) is 0 Å². The first-order valence-electron chi connectivity index (χ1n) is 7.98. The van der Waals surface area contributed by atoms with Crippen LogP contribution in [0.5, 0.6) is 0 Å². The highest BCUT2D eigenvalue weighted by Crippen LogP contribution is 2.16. The Labute approximate surface area is 134 Å². The Kier molecular flexibility index (Phi) is 4.80. The number of fused-ring (bicyclic) bond motifs is 1. The van der Waals surface area contributed by atoms with Gasteiger partial charge < -0.3 is 5.32 Å². The first kappa shape index (κ1) is 15.4. The number of rotatable bonds is 5. The number of aromatic nitrogens is 3. The molecule has 1 amide bonds. The maximum atomic E-state index is 12.0. The molecule has 0 aromatic carbocycles. The quantitative estimate of drug-likeness (QED) is 0.889. The molecule has 2 heterocycles. The number of carbonyl (C=O) groups is 1. The van der Waals surface area contributed by atoms with Gasteiger partial charge in [0.2, 0.25) is 5.91 Å². The zero-order valence-electron chi connectivity index (χ0n) is 13.0. The molecule has 1 aliphatic rings. The van der Waals surface area contributed by atoms with E-state index in [2.05, 4.69) is 15.4 Å². The van der Waals surface area contributed by atoms with Crippen molar-refractivity contribution in [3.05, 3.63) is 57.8 Å². The molecule has 1 N–H and O–H groups in total. The molecule has 0 bridgehead atoms. The topological polar surface area (TPSA) is 76.9 Å². The molecule has 120 valence electrons. The second kappa shape index (κ2) is 7.17. The highest BCUT2D eigenvalue weighted by atomic mass is 16.2. The van der Waals surface area contributed by atoms with Crippen LogP contribution in [0, 0.1) is 0 Å². The van der Waals surface area contributed by atoms with Crippen LogP contribution in [0.2, 0.25) is 0 Å². The van der Waals surface area contributed by atoms with Crippen molar-refractivity contribution in [2.24, 2.45) is 0 Å². The second-order valence-corrected chi connectivity index (χ2v) is 5.77. The van der Waals surface area contributed by atoms with Crippen molar-refractivity contribution in [2.45, 2.75) is 38.6 Å². The van der Waals surface area contributed by atoms with Gasteiger partial charge in [0, 0.05) is 25.0 Å². The molecule has 0 fully saturated rings. The molecular weight excluding hydrogens is 292 g/mol. The van der Waals surface area contributed by atoms with Crippen molar-refractivity contribution in [3.63, 3.8) is 0 Å². The van der Waals surface area contributed by atoms with E-state index >= 15 is 0 Å². The van der Waals surface area contributed by atoms with Crippen molar-refractivity contribution >= 4 is 5.91 Å². The van der Waals surface area contributed by atoms with E-state index in [9.17, 15) is 9.59 Å². The summed E-state index contributed by atoms with van der Waals surface area (Å²) in [5.41, 5.74) is 2.91. The Morgan fingerprint density at radius 2 is 2.00 bits per heavy atom. The molecule has 0 unspecified atom stereocenters. The SMILES string of the molecule is O=C(Cn1nc2c(cc1=O)CCCC2)NCCc1ccncc1. The van der Waals surface area contributed by atoms with Crippen LogP contribution in [0.4, 0.5) is 0 Å². The first-order chi connectivity index (χ1) is 11.2. The van der Waals surface area contributed by atoms with E-state index in [1.807, 2.05) is 12.1 Å². The number of hydrogen-bond donors (Lipinski definition) is 1. The van der Waals surface area contributed by atoms with E-state index < -0.39 is 0 Å². The molecular formula is C17H20N4O2. The molecule has 2 aromatic heterocycles. The summed E-state index contributed by atoms with van der Waals surface area (Å²) in [5.74, 6) is -0.190. The summed E-state index contributed by atoms with van der Waals surface area (Å²) in [4.78, 5) is 28.0. The molecule has 0 atom stereocenters. The van der Waals surface area contributed by atoms with Gasteiger partial charge in [0.25, 0.3) is 5.56 Å². The Bertz CT molecular complexity index is 740. The number of aryl methyl sites for hydroxylation is 2. The van der Waals surface area contributed by atoms with Crippen LogP contribution in [0.15, 0.2) is 35.4 Å². The lowest BCUT2D eigenvalue weighted by molar-refractivity contribution is -0.121. The van der Waals surface area contributed by atoms with Crippen molar-refractivity contribution in [3.8, 4) is 0 Å². The normalized spacial score (nSPS) is 13.4. The fourth-order valence-corrected chi connectivity index (χ4v) is 2.80. The molecule has 0 radical (unpaired) electrons. The summed E-state index contributed by atoms with van der Waals surface area (Å²) in [6.07, 6.45) is 8.20. The van der Waals surface area contributed by atoms with E-state index in [0.29, 0.717) is 6.54 Å². The van der Waals surface area contributed by atoms with Crippen molar-refractivity contribution in [1.29, 1.82) is 0 Å². The molecule has 0 saturated heterocycles. The lowest BCUT2D eigenvalue weighted by Gasteiger charge is -2.15. The summed E-state index contributed by atoms with van der Waals surface area (Å²) >= 11 is 0. The minimum absolute atomic E-state index is 0.0253. The highest BCUT2D eigenvalue weighted by molar-refractivity contribution is 5.75. The van der Waals surface area contributed by atoms with Gasteiger partial charge in [-0.15, -0.1) is 0 Å². The van der Waals surface area contributed by atoms with Crippen molar-refractivity contribution < 1.29 is 4.79 Å². The third kappa shape index (κ3) is 4.03. The number of nitrogens with one attached hydrogen (secondary N) is 1. The van der Waals surface area contributed by atoms with Crippen molar-refractivity contribution in [2.75, 3.05) is 6.54 Å². The van der Waals surface area contributed by atoms with E-state index in [1.54, 1.807) is 18.5 Å². The van der Waals surface area contributed by atoms with E-state index in [4.69, 9.17) is 0 Å². The van der Waals surface area contributed by atoms with Crippen molar-refractivity contribution in [1.82, 2.24) is 20.1 Å². The smallest absolute Gasteiger partial charge is 0.267 e. The van der Waals surface area contributed by atoms with E-state index in [0.717, 1.165) is 48.9 Å². The van der Waals surface area contributed by atoms with Crippen LogP contribution < -0.4 is 10.9 Å². The summed E-state index contributed by atoms with van der Waals surface area (Å²) in [7, 11) is 0. The van der Waals surface area contributed by atoms with Gasteiger partial charge in [-0.3, -0.25) is 14.6 Å². The predicted octanol–water partition coefficient (Wildman–Crippen LogP) is 0.876. The van der Waals surface area contributed by atoms with Crippen LogP contribution in [0.1, 0.15) is 29.7 Å². The molecule has 3 rings (SSSR count). The largest absolute Gasteiger partial charge is 0.354 e. The third-order valence-corrected chi connectivity index (χ3v) is 4.05. The molecule has 6 nitrogen and oxygen atoms in total. The second-order valence-electron chi connectivity index (χ2n) is 5.77. The minimum atomic E-state index is -0.199. The average molecular weight is 312 g/mol. The van der Waals surface area contributed by atoms with Gasteiger partial charge in [0.05, 0.1) is 5.69 Å². The van der Waals surface area contributed by atoms with Crippen LogP contribution in [0.3, 0.4) is 0 Å². The molecule has 1 aliphatic carbocycles. The Hall–Kier alpha value is -2.50. The lowest BCUT2D eigenvalue weighted by Crippen LogP contribution is -2.35. The number of hydrogen-bond acceptors (Lipinski definition) is 4. The average Bonchev–Trinajstić information content (AvgIpc) is 2.56. The summed E-state index contributed by atoms with van der Waals surface area (Å²) in [6, 6.07) is 5.47. The first-order valence-corrected chi connectivity index (χ1v) is 7.98.